The molecule has 1 saturated heterocycles. The van der Waals surface area contributed by atoms with Gasteiger partial charge in [-0.3, -0.25) is 0 Å². The Hall–Kier alpha value is -4.07. The number of carboxylic acid groups (broad SMARTS) is 1. The lowest BCUT2D eigenvalue weighted by Gasteiger charge is -2.29. The van der Waals surface area contributed by atoms with Crippen molar-refractivity contribution in [3.05, 3.63) is 58.7 Å². The summed E-state index contributed by atoms with van der Waals surface area (Å²) in [5.74, 6) is -0.681. The Labute approximate surface area is 286 Å². The van der Waals surface area contributed by atoms with Crippen molar-refractivity contribution >= 4 is 32.8 Å². The van der Waals surface area contributed by atoms with Crippen LogP contribution in [0.1, 0.15) is 62.1 Å². The molecule has 1 atom stereocenters. The third kappa shape index (κ3) is 6.75. The number of hydrogen-bond acceptors (Lipinski definition) is 8. The Kier molecular flexibility index (Phi) is 9.22. The first-order chi connectivity index (χ1) is 23.0. The molecule has 0 amide bonds. The van der Waals surface area contributed by atoms with E-state index in [0.29, 0.717) is 79.0 Å². The first-order valence-electron chi connectivity index (χ1n) is 16.6. The van der Waals surface area contributed by atoms with Gasteiger partial charge in [0, 0.05) is 72.8 Å². The number of carboxylic acids is 1. The van der Waals surface area contributed by atoms with Gasteiger partial charge in [0.25, 0.3) is 0 Å². The molecule has 2 aliphatic rings. The molecule has 1 fully saturated rings. The van der Waals surface area contributed by atoms with Gasteiger partial charge in [0.15, 0.2) is 17.7 Å². The number of ether oxygens (including phenoxy) is 2. The lowest BCUT2D eigenvalue weighted by Crippen LogP contribution is -2.34. The number of aliphatic carboxylic acids is 1. The number of nitrogens with zero attached hydrogens (tertiary/aromatic N) is 5. The van der Waals surface area contributed by atoms with Crippen LogP contribution in [0.3, 0.4) is 0 Å². The molecule has 0 radical (unpaired) electrons. The Bertz CT molecular complexity index is 2060. The van der Waals surface area contributed by atoms with E-state index in [0.717, 1.165) is 34.6 Å². The number of aryl methyl sites for hydroxylation is 2. The number of aromatic nitrogens is 3. The van der Waals surface area contributed by atoms with Gasteiger partial charge in [0.2, 0.25) is 10.0 Å². The fraction of sp³-hybridized carbons (Fsp3) is 0.472. The van der Waals surface area contributed by atoms with Crippen molar-refractivity contribution in [1.82, 2.24) is 18.8 Å². The highest BCUT2D eigenvalue weighted by Gasteiger charge is 2.34. The number of halogens is 1. The third-order valence-corrected chi connectivity index (χ3v) is 10.7. The van der Waals surface area contributed by atoms with E-state index >= 15 is 4.39 Å². The molecule has 2 aliphatic heterocycles. The summed E-state index contributed by atoms with van der Waals surface area (Å²) < 4.78 is 55.6. The van der Waals surface area contributed by atoms with Crippen molar-refractivity contribution in [2.45, 2.75) is 65.6 Å². The molecular formula is C36H44FN5O6S. The number of benzene rings is 1. The van der Waals surface area contributed by atoms with Crippen LogP contribution in [-0.2, 0) is 33.0 Å². The summed E-state index contributed by atoms with van der Waals surface area (Å²) in [5, 5.41) is 11.2. The summed E-state index contributed by atoms with van der Waals surface area (Å²) in [7, 11) is -1.39. The van der Waals surface area contributed by atoms with E-state index < -0.39 is 33.5 Å². The number of carbonyl (C=O) groups is 1. The number of fused-ring (bicyclic) bond motifs is 2. The molecule has 5 heterocycles. The zero-order valence-corrected chi connectivity index (χ0v) is 29.9. The van der Waals surface area contributed by atoms with E-state index in [2.05, 4.69) is 9.88 Å². The van der Waals surface area contributed by atoms with Gasteiger partial charge >= 0.3 is 5.97 Å². The van der Waals surface area contributed by atoms with Crippen LogP contribution >= 0.6 is 0 Å². The Morgan fingerprint density at radius 2 is 1.86 bits per heavy atom. The summed E-state index contributed by atoms with van der Waals surface area (Å²) in [6, 6.07) is 7.29. The zero-order chi connectivity index (χ0) is 35.4. The number of hydrogen-bond donors (Lipinski definition) is 1. The number of sulfonamides is 1. The molecule has 0 bridgehead atoms. The van der Waals surface area contributed by atoms with Crippen molar-refractivity contribution in [2.75, 3.05) is 43.9 Å². The Morgan fingerprint density at radius 3 is 2.55 bits per heavy atom. The van der Waals surface area contributed by atoms with Crippen molar-refractivity contribution < 1.29 is 32.2 Å². The van der Waals surface area contributed by atoms with Gasteiger partial charge in [-0.25, -0.2) is 31.9 Å². The maximum atomic E-state index is 15.8. The van der Waals surface area contributed by atoms with Crippen LogP contribution in [0.15, 0.2) is 30.5 Å². The second-order valence-electron chi connectivity index (χ2n) is 14.0. The molecule has 0 saturated carbocycles. The van der Waals surface area contributed by atoms with Crippen molar-refractivity contribution in [2.24, 2.45) is 7.05 Å². The quantitative estimate of drug-likeness (QED) is 0.256. The summed E-state index contributed by atoms with van der Waals surface area (Å²) >= 11 is 0. The van der Waals surface area contributed by atoms with E-state index in [1.807, 2.05) is 36.7 Å². The maximum absolute atomic E-state index is 15.8. The van der Waals surface area contributed by atoms with E-state index in [-0.39, 0.29) is 5.75 Å². The van der Waals surface area contributed by atoms with E-state index in [9.17, 15) is 18.3 Å². The monoisotopic (exact) mass is 693 g/mol. The van der Waals surface area contributed by atoms with Gasteiger partial charge in [0.1, 0.15) is 11.5 Å². The highest BCUT2D eigenvalue weighted by Crippen LogP contribution is 2.45. The highest BCUT2D eigenvalue weighted by molar-refractivity contribution is 7.88. The fourth-order valence-electron chi connectivity index (χ4n) is 7.05. The van der Waals surface area contributed by atoms with Gasteiger partial charge < -0.3 is 24.0 Å². The lowest BCUT2D eigenvalue weighted by atomic mass is 9.86. The van der Waals surface area contributed by atoms with E-state index in [1.165, 1.54) is 16.6 Å². The number of rotatable bonds is 7. The topological polar surface area (TPSA) is 127 Å². The van der Waals surface area contributed by atoms with Crippen LogP contribution < -0.4 is 9.64 Å². The molecule has 262 valence electrons. The standard InChI is InChI=1S/C36H44FN5O6S/c1-21-24-10-8-17-47-32(24)27(37)19-25(21)31-26-20-28(40(6)34(26)39-22(2)30(31)33(35(43)44)48-36(3,4)5)23-11-12-38-29(18-23)41-13-9-14-42(16-15-41)49(7,45)46/h11-12,18-20,33H,8-10,13-17H2,1-7H3,(H,43,44)/t33-/m0/s1. The van der Waals surface area contributed by atoms with Crippen LogP contribution in [0.4, 0.5) is 10.2 Å². The lowest BCUT2D eigenvalue weighted by molar-refractivity contribution is -0.160. The molecule has 0 unspecified atom stereocenters. The van der Waals surface area contributed by atoms with Crippen molar-refractivity contribution in [3.63, 3.8) is 0 Å². The van der Waals surface area contributed by atoms with Gasteiger partial charge in [-0.15, -0.1) is 0 Å². The molecule has 49 heavy (non-hydrogen) atoms. The average molecular weight is 694 g/mol. The largest absolute Gasteiger partial charge is 0.490 e. The molecule has 4 aromatic rings. The molecule has 11 nitrogen and oxygen atoms in total. The van der Waals surface area contributed by atoms with E-state index in [4.69, 9.17) is 14.5 Å². The minimum absolute atomic E-state index is 0.253. The van der Waals surface area contributed by atoms with Crippen LogP contribution in [0, 0.1) is 19.7 Å². The van der Waals surface area contributed by atoms with Gasteiger partial charge in [0.05, 0.1) is 24.2 Å². The minimum atomic E-state index is -3.29. The molecular weight excluding hydrogens is 649 g/mol. The van der Waals surface area contributed by atoms with Crippen LogP contribution in [0.2, 0.25) is 0 Å². The molecule has 13 heteroatoms. The highest BCUT2D eigenvalue weighted by atomic mass is 32.2. The summed E-state index contributed by atoms with van der Waals surface area (Å²) in [6.45, 7) is 11.5. The van der Waals surface area contributed by atoms with Crippen molar-refractivity contribution in [3.8, 4) is 28.1 Å². The van der Waals surface area contributed by atoms with E-state index in [1.54, 1.807) is 33.9 Å². The first kappa shape index (κ1) is 34.8. The molecule has 1 N–H and O–H groups in total. The first-order valence-corrected chi connectivity index (χ1v) is 18.4. The van der Waals surface area contributed by atoms with Gasteiger partial charge in [-0.2, -0.15) is 0 Å². The third-order valence-electron chi connectivity index (χ3n) is 9.36. The van der Waals surface area contributed by atoms with Gasteiger partial charge in [-0.1, -0.05) is 0 Å². The zero-order valence-electron chi connectivity index (χ0n) is 29.1. The fourth-order valence-corrected chi connectivity index (χ4v) is 7.93. The molecule has 0 spiro atoms. The second kappa shape index (κ2) is 13.0. The molecule has 6 rings (SSSR count). The molecule has 0 aliphatic carbocycles. The molecule has 1 aromatic carbocycles. The summed E-state index contributed by atoms with van der Waals surface area (Å²) in [4.78, 5) is 24.6. The number of anilines is 1. The van der Waals surface area contributed by atoms with Gasteiger partial charge in [-0.05, 0) is 89.3 Å². The summed E-state index contributed by atoms with van der Waals surface area (Å²) in [5.41, 5.74) is 5.05. The summed E-state index contributed by atoms with van der Waals surface area (Å²) in [6.07, 6.45) is 3.67. The van der Waals surface area contributed by atoms with Crippen molar-refractivity contribution in [1.29, 1.82) is 0 Å². The van der Waals surface area contributed by atoms with Crippen LogP contribution in [0.25, 0.3) is 33.4 Å². The predicted octanol–water partition coefficient (Wildman–Crippen LogP) is 5.80. The molecule has 3 aromatic heterocycles. The minimum Gasteiger partial charge on any atom is -0.490 e. The smallest absolute Gasteiger partial charge is 0.337 e. The average Bonchev–Trinajstić information content (AvgIpc) is 3.19. The predicted molar refractivity (Wildman–Crippen MR) is 187 cm³/mol. The Morgan fingerprint density at radius 1 is 1.10 bits per heavy atom. The number of pyridine rings is 2. The normalized spacial score (nSPS) is 16.7. The van der Waals surface area contributed by atoms with Crippen LogP contribution in [-0.4, -0.2) is 83.0 Å². The Balaban J connectivity index is 1.55. The van der Waals surface area contributed by atoms with Crippen LogP contribution in [0.5, 0.6) is 5.75 Å². The maximum Gasteiger partial charge on any atom is 0.337 e. The second-order valence-corrected chi connectivity index (χ2v) is 15.9. The SMILES string of the molecule is Cc1nc2c(cc(-c3ccnc(N4CCCN(S(C)(=O)=O)CC4)c3)n2C)c(-c2cc(F)c3c(c2C)CCCO3)c1[C@H](OC(C)(C)C)C(=O)O.